The molecule has 0 aliphatic carbocycles. The van der Waals surface area contributed by atoms with Crippen LogP contribution >= 0.6 is 12.2 Å². The van der Waals surface area contributed by atoms with Gasteiger partial charge in [-0.1, -0.05) is 17.4 Å². The van der Waals surface area contributed by atoms with E-state index < -0.39 is 0 Å². The molecule has 2 heterocycles. The van der Waals surface area contributed by atoms with Gasteiger partial charge in [0.15, 0.2) is 5.82 Å². The number of nitrogens with zero attached hydrogens (tertiary/aromatic N) is 3. The number of anilines is 1. The van der Waals surface area contributed by atoms with Gasteiger partial charge in [-0.3, -0.25) is 0 Å². The van der Waals surface area contributed by atoms with Crippen molar-refractivity contribution in [3.8, 4) is 0 Å². The predicted molar refractivity (Wildman–Crippen MR) is 61.7 cm³/mol. The molecule has 0 bridgehead atoms. The zero-order valence-corrected chi connectivity index (χ0v) is 9.07. The van der Waals surface area contributed by atoms with E-state index in [0.29, 0.717) is 17.9 Å². The van der Waals surface area contributed by atoms with E-state index in [9.17, 15) is 0 Å². The molecule has 0 aliphatic rings. The third kappa shape index (κ3) is 2.31. The van der Waals surface area contributed by atoms with Gasteiger partial charge in [-0.15, -0.1) is 5.10 Å². The summed E-state index contributed by atoms with van der Waals surface area (Å²) in [7, 11) is 0. The first-order valence-corrected chi connectivity index (χ1v) is 4.93. The topological polar surface area (TPSA) is 89.9 Å². The van der Waals surface area contributed by atoms with Crippen molar-refractivity contribution in [2.45, 2.75) is 6.54 Å². The predicted octanol–water partition coefficient (Wildman–Crippen LogP) is 0.711. The van der Waals surface area contributed by atoms with E-state index in [2.05, 4.69) is 20.7 Å². The van der Waals surface area contributed by atoms with Crippen molar-refractivity contribution in [2.24, 2.45) is 5.73 Å². The third-order valence-electron chi connectivity index (χ3n) is 1.91. The van der Waals surface area contributed by atoms with Crippen LogP contribution in [0.5, 0.6) is 0 Å². The second kappa shape index (κ2) is 4.67. The van der Waals surface area contributed by atoms with Gasteiger partial charge in [0.1, 0.15) is 16.9 Å². The summed E-state index contributed by atoms with van der Waals surface area (Å²) in [4.78, 5) is 0.276. The Morgan fingerprint density at radius 1 is 1.50 bits per heavy atom. The van der Waals surface area contributed by atoms with Crippen LogP contribution in [0.3, 0.4) is 0 Å². The van der Waals surface area contributed by atoms with Gasteiger partial charge >= 0.3 is 0 Å². The highest BCUT2D eigenvalue weighted by molar-refractivity contribution is 7.80. The molecule has 7 heteroatoms. The van der Waals surface area contributed by atoms with Crippen LogP contribution in [0.4, 0.5) is 5.82 Å². The fourth-order valence-corrected chi connectivity index (χ4v) is 1.33. The Balaban J connectivity index is 2.12. The summed E-state index contributed by atoms with van der Waals surface area (Å²) in [6.45, 7) is 0.477. The summed E-state index contributed by atoms with van der Waals surface area (Å²) in [5.41, 5.74) is 6.98. The summed E-state index contributed by atoms with van der Waals surface area (Å²) in [5.74, 6) is 0.540. The average Bonchev–Trinajstić information content (AvgIpc) is 2.79. The van der Waals surface area contributed by atoms with Crippen molar-refractivity contribution in [2.75, 3.05) is 5.32 Å². The average molecular weight is 235 g/mol. The minimum Gasteiger partial charge on any atom is -0.389 e. The first-order valence-electron chi connectivity index (χ1n) is 4.52. The van der Waals surface area contributed by atoms with Gasteiger partial charge in [-0.05, 0) is 6.07 Å². The maximum Gasteiger partial charge on any atom is 0.159 e. The molecule has 0 saturated heterocycles. The van der Waals surface area contributed by atoms with Crippen molar-refractivity contribution < 1.29 is 4.52 Å². The molecule has 0 unspecified atom stereocenters. The van der Waals surface area contributed by atoms with Gasteiger partial charge in [0, 0.05) is 6.07 Å². The van der Waals surface area contributed by atoms with Gasteiger partial charge in [-0.2, -0.15) is 5.10 Å². The van der Waals surface area contributed by atoms with Crippen molar-refractivity contribution in [1.82, 2.24) is 15.4 Å². The summed E-state index contributed by atoms with van der Waals surface area (Å²) in [6.07, 6.45) is 3.04. The quantitative estimate of drug-likeness (QED) is 0.754. The van der Waals surface area contributed by atoms with Crippen LogP contribution in [0, 0.1) is 0 Å². The van der Waals surface area contributed by atoms with E-state index in [1.165, 1.54) is 12.5 Å². The van der Waals surface area contributed by atoms with Crippen LogP contribution in [0.25, 0.3) is 0 Å². The molecule has 0 saturated carbocycles. The Kier molecular flexibility index (Phi) is 3.06. The number of aromatic nitrogens is 3. The lowest BCUT2D eigenvalue weighted by atomic mass is 10.3. The molecular formula is C9H9N5OS. The van der Waals surface area contributed by atoms with Crippen molar-refractivity contribution in [3.05, 3.63) is 35.9 Å². The fourth-order valence-electron chi connectivity index (χ4n) is 1.16. The van der Waals surface area contributed by atoms with E-state index in [0.717, 1.165) is 5.69 Å². The van der Waals surface area contributed by atoms with E-state index in [1.807, 2.05) is 0 Å². The number of nitrogens with two attached hydrogens (primary N) is 1. The molecule has 6 nitrogen and oxygen atoms in total. The molecule has 16 heavy (non-hydrogen) atoms. The van der Waals surface area contributed by atoms with Crippen LogP contribution < -0.4 is 11.1 Å². The highest BCUT2D eigenvalue weighted by Gasteiger charge is 2.06. The van der Waals surface area contributed by atoms with Crippen LogP contribution in [0.2, 0.25) is 0 Å². The zero-order valence-electron chi connectivity index (χ0n) is 8.25. The van der Waals surface area contributed by atoms with E-state index in [-0.39, 0.29) is 4.99 Å². The molecule has 3 N–H and O–H groups in total. The summed E-state index contributed by atoms with van der Waals surface area (Å²) in [6, 6.07) is 3.46. The van der Waals surface area contributed by atoms with Crippen molar-refractivity contribution in [3.63, 3.8) is 0 Å². The van der Waals surface area contributed by atoms with Gasteiger partial charge in [0.25, 0.3) is 0 Å². The highest BCUT2D eigenvalue weighted by Crippen LogP contribution is 2.10. The van der Waals surface area contributed by atoms with Gasteiger partial charge in [0.05, 0.1) is 18.3 Å². The first kappa shape index (κ1) is 10.5. The minimum atomic E-state index is 0.276. The number of thiocarbonyl (C=S) groups is 1. The van der Waals surface area contributed by atoms with E-state index in [4.69, 9.17) is 22.5 Å². The lowest BCUT2D eigenvalue weighted by Gasteiger charge is -2.06. The molecule has 0 radical (unpaired) electrons. The Hall–Kier alpha value is -2.02. The summed E-state index contributed by atoms with van der Waals surface area (Å²) < 4.78 is 4.70. The van der Waals surface area contributed by atoms with Crippen LogP contribution in [-0.2, 0) is 6.54 Å². The molecule has 0 atom stereocenters. The van der Waals surface area contributed by atoms with E-state index >= 15 is 0 Å². The van der Waals surface area contributed by atoms with Gasteiger partial charge in [0.2, 0.25) is 0 Å². The normalized spacial score (nSPS) is 10.0. The fraction of sp³-hybridized carbons (Fsp3) is 0.111. The Morgan fingerprint density at radius 2 is 2.38 bits per heavy atom. The van der Waals surface area contributed by atoms with E-state index in [1.54, 1.807) is 12.1 Å². The largest absolute Gasteiger partial charge is 0.389 e. The Morgan fingerprint density at radius 3 is 3.06 bits per heavy atom. The molecular weight excluding hydrogens is 226 g/mol. The number of nitrogens with one attached hydrogen (secondary N) is 1. The molecule has 0 spiro atoms. The lowest BCUT2D eigenvalue weighted by Crippen LogP contribution is -2.15. The second-order valence-electron chi connectivity index (χ2n) is 3.00. The molecule has 0 amide bonds. The number of hydrogen-bond donors (Lipinski definition) is 2. The van der Waals surface area contributed by atoms with Crippen LogP contribution in [0.15, 0.2) is 29.1 Å². The van der Waals surface area contributed by atoms with Gasteiger partial charge < -0.3 is 15.6 Å². The first-order chi connectivity index (χ1) is 7.77. The zero-order chi connectivity index (χ0) is 11.4. The molecule has 0 aliphatic heterocycles. The molecule has 2 aromatic rings. The molecule has 82 valence electrons. The number of hydrogen-bond acceptors (Lipinski definition) is 6. The van der Waals surface area contributed by atoms with Crippen LogP contribution in [-0.4, -0.2) is 20.3 Å². The molecule has 2 rings (SSSR count). The van der Waals surface area contributed by atoms with Crippen LogP contribution in [0.1, 0.15) is 11.3 Å². The monoisotopic (exact) mass is 235 g/mol. The molecule has 0 fully saturated rings. The maximum atomic E-state index is 5.55. The highest BCUT2D eigenvalue weighted by atomic mass is 32.1. The minimum absolute atomic E-state index is 0.276. The smallest absolute Gasteiger partial charge is 0.159 e. The SMILES string of the molecule is NC(=S)c1ccnnc1NCc1ccon1. The lowest BCUT2D eigenvalue weighted by molar-refractivity contribution is 0.412. The van der Waals surface area contributed by atoms with Crippen molar-refractivity contribution >= 4 is 23.0 Å². The summed E-state index contributed by atoms with van der Waals surface area (Å²) >= 11 is 4.90. The maximum absolute atomic E-state index is 5.55. The Bertz CT molecular complexity index is 484. The third-order valence-corrected chi connectivity index (χ3v) is 2.13. The standard InChI is InChI=1S/C9H9N5OS/c10-8(16)7-1-3-12-13-9(7)11-5-6-2-4-15-14-6/h1-4H,5H2,(H2,10,16)(H,11,13). The summed E-state index contributed by atoms with van der Waals surface area (Å²) in [5, 5.41) is 14.5. The molecule has 2 aromatic heterocycles. The van der Waals surface area contributed by atoms with Crippen molar-refractivity contribution in [1.29, 1.82) is 0 Å². The number of rotatable bonds is 4. The second-order valence-corrected chi connectivity index (χ2v) is 3.44. The molecule has 0 aromatic carbocycles. The van der Waals surface area contributed by atoms with Gasteiger partial charge in [-0.25, -0.2) is 0 Å². The Labute approximate surface area is 96.8 Å².